The Morgan fingerprint density at radius 1 is 1.27 bits per heavy atom. The predicted octanol–water partition coefficient (Wildman–Crippen LogP) is 3.56. The summed E-state index contributed by atoms with van der Waals surface area (Å²) < 4.78 is 5.73. The number of hydrogen-bond acceptors (Lipinski definition) is 3. The highest BCUT2D eigenvalue weighted by atomic mass is 35.5. The first kappa shape index (κ1) is 18.3. The van der Waals surface area contributed by atoms with Crippen molar-refractivity contribution < 1.29 is 14.3 Å². The van der Waals surface area contributed by atoms with Crippen LogP contribution in [0.5, 0.6) is 5.75 Å². The van der Waals surface area contributed by atoms with E-state index < -0.39 is 6.04 Å². The van der Waals surface area contributed by atoms with E-state index >= 15 is 0 Å². The lowest BCUT2D eigenvalue weighted by Gasteiger charge is -2.20. The standard InChI is InChI=1S/C20H21ClN2O3/c1-12-10-13(2)19-15(11-12)18(22-14(3)24)20(25)23(19)8-9-26-17-7-5-4-6-16(17)21/h4-7,10-11,18H,8-9H2,1-3H3,(H,22,24)/t18-/m1/s1. The van der Waals surface area contributed by atoms with Crippen LogP contribution >= 0.6 is 11.6 Å². The lowest BCUT2D eigenvalue weighted by molar-refractivity contribution is -0.126. The van der Waals surface area contributed by atoms with Crippen molar-refractivity contribution in [2.75, 3.05) is 18.1 Å². The van der Waals surface area contributed by atoms with Gasteiger partial charge in [-0.25, -0.2) is 0 Å². The SMILES string of the molecule is CC(=O)N[C@H]1C(=O)N(CCOc2ccccc2Cl)c2c(C)cc(C)cc21. The van der Waals surface area contributed by atoms with Crippen molar-refractivity contribution in [2.45, 2.75) is 26.8 Å². The van der Waals surface area contributed by atoms with E-state index in [1.165, 1.54) is 6.92 Å². The van der Waals surface area contributed by atoms with Crippen LogP contribution in [0.4, 0.5) is 5.69 Å². The number of para-hydroxylation sites is 1. The van der Waals surface area contributed by atoms with Gasteiger partial charge in [0.05, 0.1) is 17.3 Å². The number of hydrogen-bond donors (Lipinski definition) is 1. The summed E-state index contributed by atoms with van der Waals surface area (Å²) in [7, 11) is 0. The van der Waals surface area contributed by atoms with Crippen molar-refractivity contribution in [3.63, 3.8) is 0 Å². The summed E-state index contributed by atoms with van der Waals surface area (Å²) in [6, 6.07) is 10.6. The number of rotatable bonds is 5. The number of nitrogens with one attached hydrogen (secondary N) is 1. The number of benzene rings is 2. The van der Waals surface area contributed by atoms with Crippen LogP contribution in [0.2, 0.25) is 5.02 Å². The van der Waals surface area contributed by atoms with Crippen LogP contribution in [0.15, 0.2) is 36.4 Å². The highest BCUT2D eigenvalue weighted by molar-refractivity contribution is 6.32. The minimum atomic E-state index is -0.651. The number of nitrogens with zero attached hydrogens (tertiary/aromatic N) is 1. The van der Waals surface area contributed by atoms with E-state index in [4.69, 9.17) is 16.3 Å². The van der Waals surface area contributed by atoms with E-state index in [9.17, 15) is 9.59 Å². The smallest absolute Gasteiger partial charge is 0.254 e. The minimum Gasteiger partial charge on any atom is -0.490 e. The van der Waals surface area contributed by atoms with Gasteiger partial charge < -0.3 is 15.0 Å². The molecule has 1 N–H and O–H groups in total. The molecule has 0 saturated carbocycles. The summed E-state index contributed by atoms with van der Waals surface area (Å²) in [5.41, 5.74) is 3.74. The molecule has 136 valence electrons. The van der Waals surface area contributed by atoms with Crippen LogP contribution in [0.3, 0.4) is 0 Å². The van der Waals surface area contributed by atoms with Gasteiger partial charge in [-0.05, 0) is 31.5 Å². The van der Waals surface area contributed by atoms with E-state index in [1.54, 1.807) is 17.0 Å². The van der Waals surface area contributed by atoms with Crippen molar-refractivity contribution in [3.8, 4) is 5.75 Å². The zero-order valence-electron chi connectivity index (χ0n) is 15.0. The van der Waals surface area contributed by atoms with Gasteiger partial charge in [0.2, 0.25) is 5.91 Å². The summed E-state index contributed by atoms with van der Waals surface area (Å²) in [6.45, 7) is 6.04. The summed E-state index contributed by atoms with van der Waals surface area (Å²) in [4.78, 5) is 26.1. The molecule has 26 heavy (non-hydrogen) atoms. The normalized spacial score (nSPS) is 15.8. The molecule has 1 atom stereocenters. The maximum atomic E-state index is 12.9. The van der Waals surface area contributed by atoms with Gasteiger partial charge in [0.15, 0.2) is 0 Å². The van der Waals surface area contributed by atoms with Gasteiger partial charge in [0.25, 0.3) is 5.91 Å². The Morgan fingerprint density at radius 3 is 2.69 bits per heavy atom. The molecule has 5 nitrogen and oxygen atoms in total. The van der Waals surface area contributed by atoms with E-state index in [0.29, 0.717) is 23.9 Å². The summed E-state index contributed by atoms with van der Waals surface area (Å²) in [5.74, 6) is 0.203. The molecular weight excluding hydrogens is 352 g/mol. The number of anilines is 1. The Balaban J connectivity index is 1.82. The molecule has 0 radical (unpaired) electrons. The largest absolute Gasteiger partial charge is 0.490 e. The summed E-state index contributed by atoms with van der Waals surface area (Å²) in [5, 5.41) is 3.29. The first-order valence-electron chi connectivity index (χ1n) is 8.45. The van der Waals surface area contributed by atoms with Gasteiger partial charge in [-0.15, -0.1) is 0 Å². The molecule has 2 amide bonds. The number of fused-ring (bicyclic) bond motifs is 1. The molecular formula is C20H21ClN2O3. The van der Waals surface area contributed by atoms with Gasteiger partial charge in [-0.1, -0.05) is 41.4 Å². The van der Waals surface area contributed by atoms with Crippen LogP contribution in [0.1, 0.15) is 29.7 Å². The molecule has 6 heteroatoms. The maximum absolute atomic E-state index is 12.9. The van der Waals surface area contributed by atoms with Gasteiger partial charge in [0.1, 0.15) is 18.4 Å². The Kier molecular flexibility index (Phi) is 5.18. The monoisotopic (exact) mass is 372 g/mol. The molecule has 2 aromatic carbocycles. The number of ether oxygens (including phenoxy) is 1. The van der Waals surface area contributed by atoms with E-state index in [0.717, 1.165) is 22.4 Å². The number of halogens is 1. The molecule has 0 spiro atoms. The Labute approximate surface area is 157 Å². The molecule has 0 aromatic heterocycles. The second-order valence-corrected chi connectivity index (χ2v) is 6.83. The molecule has 1 aliphatic rings. The maximum Gasteiger partial charge on any atom is 0.254 e. The Hall–Kier alpha value is -2.53. The van der Waals surface area contributed by atoms with Gasteiger partial charge in [-0.2, -0.15) is 0 Å². The van der Waals surface area contributed by atoms with Gasteiger partial charge in [-0.3, -0.25) is 9.59 Å². The van der Waals surface area contributed by atoms with Crippen LogP contribution < -0.4 is 15.0 Å². The van der Waals surface area contributed by atoms with Crippen molar-refractivity contribution in [1.82, 2.24) is 5.32 Å². The van der Waals surface area contributed by atoms with E-state index in [1.807, 2.05) is 38.1 Å². The molecule has 0 saturated heterocycles. The van der Waals surface area contributed by atoms with Crippen molar-refractivity contribution >= 4 is 29.1 Å². The third-order valence-electron chi connectivity index (χ3n) is 4.32. The van der Waals surface area contributed by atoms with Crippen molar-refractivity contribution in [3.05, 3.63) is 58.1 Å². The lowest BCUT2D eigenvalue weighted by Crippen LogP contribution is -2.38. The van der Waals surface area contributed by atoms with Crippen molar-refractivity contribution in [1.29, 1.82) is 0 Å². The molecule has 2 aromatic rings. The van der Waals surface area contributed by atoms with E-state index in [2.05, 4.69) is 5.32 Å². The quantitative estimate of drug-likeness (QED) is 0.873. The fraction of sp³-hybridized carbons (Fsp3) is 0.300. The first-order chi connectivity index (χ1) is 12.4. The highest BCUT2D eigenvalue weighted by Gasteiger charge is 2.38. The lowest BCUT2D eigenvalue weighted by atomic mass is 10.0. The second-order valence-electron chi connectivity index (χ2n) is 6.42. The number of carbonyl (C=O) groups is 2. The third kappa shape index (κ3) is 3.53. The average Bonchev–Trinajstić information content (AvgIpc) is 2.82. The number of aryl methyl sites for hydroxylation is 2. The number of amides is 2. The zero-order chi connectivity index (χ0) is 18.8. The van der Waals surface area contributed by atoms with Crippen molar-refractivity contribution in [2.24, 2.45) is 0 Å². The fourth-order valence-electron chi connectivity index (χ4n) is 3.35. The van der Waals surface area contributed by atoms with Crippen LogP contribution in [-0.4, -0.2) is 25.0 Å². The minimum absolute atomic E-state index is 0.147. The third-order valence-corrected chi connectivity index (χ3v) is 4.64. The number of carbonyl (C=O) groups excluding carboxylic acids is 2. The zero-order valence-corrected chi connectivity index (χ0v) is 15.8. The topological polar surface area (TPSA) is 58.6 Å². The van der Waals surface area contributed by atoms with Crippen LogP contribution in [0, 0.1) is 13.8 Å². The molecule has 0 unspecified atom stereocenters. The fourth-order valence-corrected chi connectivity index (χ4v) is 3.54. The Morgan fingerprint density at radius 2 is 2.00 bits per heavy atom. The highest BCUT2D eigenvalue weighted by Crippen LogP contribution is 2.39. The second kappa shape index (κ2) is 7.38. The summed E-state index contributed by atoms with van der Waals surface area (Å²) in [6.07, 6.45) is 0. The first-order valence-corrected chi connectivity index (χ1v) is 8.83. The van der Waals surface area contributed by atoms with Gasteiger partial charge >= 0.3 is 0 Å². The van der Waals surface area contributed by atoms with Gasteiger partial charge in [0, 0.05) is 12.5 Å². The van der Waals surface area contributed by atoms with E-state index in [-0.39, 0.29) is 11.8 Å². The molecule has 0 aliphatic carbocycles. The Bertz CT molecular complexity index is 866. The summed E-state index contributed by atoms with van der Waals surface area (Å²) >= 11 is 6.10. The van der Waals surface area contributed by atoms with Crippen LogP contribution in [0.25, 0.3) is 0 Å². The molecule has 1 heterocycles. The van der Waals surface area contributed by atoms with Crippen LogP contribution in [-0.2, 0) is 9.59 Å². The molecule has 0 fully saturated rings. The average molecular weight is 373 g/mol. The predicted molar refractivity (Wildman–Crippen MR) is 102 cm³/mol. The molecule has 0 bridgehead atoms. The molecule has 3 rings (SSSR count). The molecule has 1 aliphatic heterocycles.